The van der Waals surface area contributed by atoms with Crippen LogP contribution in [0.5, 0.6) is 5.75 Å². The normalized spacial score (nSPS) is 27.4. The molecule has 2 bridgehead atoms. The topological polar surface area (TPSA) is 67.6 Å². The Hall–Kier alpha value is -1.46. The van der Waals surface area contributed by atoms with E-state index >= 15 is 0 Å². The molecule has 0 aromatic heterocycles. The lowest BCUT2D eigenvalue weighted by Gasteiger charge is -2.22. The third kappa shape index (κ3) is 2.80. The number of fused-ring (bicyclic) bond motifs is 2. The molecule has 0 spiro atoms. The van der Waals surface area contributed by atoms with E-state index in [-0.39, 0.29) is 11.9 Å². The molecule has 114 valence electrons. The number of amides is 1. The zero-order chi connectivity index (χ0) is 15.0. The zero-order valence-electron chi connectivity index (χ0n) is 12.1. The summed E-state index contributed by atoms with van der Waals surface area (Å²) in [6, 6.07) is 3.38. The number of nitrogens with two attached hydrogens (primary N) is 1. The van der Waals surface area contributed by atoms with Crippen LogP contribution >= 0.6 is 11.6 Å². The van der Waals surface area contributed by atoms with Gasteiger partial charge in [0.2, 0.25) is 0 Å². The van der Waals surface area contributed by atoms with Crippen molar-refractivity contribution in [3.8, 4) is 5.75 Å². The van der Waals surface area contributed by atoms with Crippen molar-refractivity contribution < 1.29 is 9.53 Å². The zero-order valence-corrected chi connectivity index (χ0v) is 12.8. The van der Waals surface area contributed by atoms with Crippen LogP contribution in [-0.2, 0) is 0 Å². The number of anilines is 1. The molecular formula is C15H20ClN3O2. The Labute approximate surface area is 129 Å². The van der Waals surface area contributed by atoms with Gasteiger partial charge < -0.3 is 20.7 Å². The molecule has 3 rings (SSSR count). The maximum absolute atomic E-state index is 12.5. The van der Waals surface area contributed by atoms with Gasteiger partial charge in [0.25, 0.3) is 5.91 Å². The molecule has 3 atom stereocenters. The molecule has 5 nitrogen and oxygen atoms in total. The summed E-state index contributed by atoms with van der Waals surface area (Å²) in [6.07, 6.45) is 2.40. The van der Waals surface area contributed by atoms with Crippen LogP contribution in [-0.4, -0.2) is 43.6 Å². The third-order valence-electron chi connectivity index (χ3n) is 4.45. The molecule has 0 aliphatic carbocycles. The van der Waals surface area contributed by atoms with Crippen LogP contribution in [0, 0.1) is 5.92 Å². The highest BCUT2D eigenvalue weighted by molar-refractivity contribution is 6.33. The average molecular weight is 310 g/mol. The first-order valence-corrected chi connectivity index (χ1v) is 7.62. The van der Waals surface area contributed by atoms with Gasteiger partial charge in [-0.15, -0.1) is 0 Å². The third-order valence-corrected chi connectivity index (χ3v) is 4.77. The Morgan fingerprint density at radius 3 is 3.00 bits per heavy atom. The van der Waals surface area contributed by atoms with E-state index in [9.17, 15) is 4.79 Å². The van der Waals surface area contributed by atoms with Crippen LogP contribution in [0.2, 0.25) is 5.02 Å². The van der Waals surface area contributed by atoms with Crippen molar-refractivity contribution in [3.05, 3.63) is 22.7 Å². The molecule has 2 aliphatic rings. The van der Waals surface area contributed by atoms with E-state index in [4.69, 9.17) is 22.1 Å². The molecule has 1 aromatic rings. The number of carbonyl (C=O) groups is 1. The van der Waals surface area contributed by atoms with Crippen LogP contribution in [0.1, 0.15) is 23.2 Å². The Morgan fingerprint density at radius 2 is 2.29 bits per heavy atom. The van der Waals surface area contributed by atoms with Crippen molar-refractivity contribution in [1.82, 2.24) is 10.2 Å². The SMILES string of the molecule is COc1cc(N)c(Cl)cc1C(=O)N[C@H]1CN2CCC[C@H]1C2. The summed E-state index contributed by atoms with van der Waals surface area (Å²) in [6.45, 7) is 3.16. The highest BCUT2D eigenvalue weighted by atomic mass is 35.5. The standard InChI is InChI=1S/C15H20ClN3O2/c1-21-14-6-12(17)11(16)5-10(14)15(20)18-13-8-19-4-2-3-9(13)7-19/h5-6,9,13H,2-4,7-8,17H2,1H3,(H,18,20)/t9-,13-/m0/s1. The average Bonchev–Trinajstić information content (AvgIpc) is 2.75. The molecule has 2 fully saturated rings. The minimum Gasteiger partial charge on any atom is -0.496 e. The molecular weight excluding hydrogens is 290 g/mol. The lowest BCUT2D eigenvalue weighted by atomic mass is 9.96. The maximum atomic E-state index is 12.5. The number of nitrogens with zero attached hydrogens (tertiary/aromatic N) is 1. The summed E-state index contributed by atoms with van der Waals surface area (Å²) in [5, 5.41) is 3.50. The molecule has 0 saturated carbocycles. The lowest BCUT2D eigenvalue weighted by Crippen LogP contribution is -2.40. The van der Waals surface area contributed by atoms with Gasteiger partial charge >= 0.3 is 0 Å². The van der Waals surface area contributed by atoms with Gasteiger partial charge in [0, 0.05) is 25.2 Å². The highest BCUT2D eigenvalue weighted by Gasteiger charge is 2.36. The monoisotopic (exact) mass is 309 g/mol. The Kier molecular flexibility index (Phi) is 3.95. The minimum atomic E-state index is -0.146. The smallest absolute Gasteiger partial charge is 0.255 e. The number of nitrogen functional groups attached to an aromatic ring is 1. The summed E-state index contributed by atoms with van der Waals surface area (Å²) >= 11 is 6.02. The molecule has 2 saturated heterocycles. The predicted molar refractivity (Wildman–Crippen MR) is 82.8 cm³/mol. The Morgan fingerprint density at radius 1 is 1.48 bits per heavy atom. The molecule has 1 aromatic carbocycles. The van der Waals surface area contributed by atoms with Crippen LogP contribution < -0.4 is 15.8 Å². The number of carbonyl (C=O) groups excluding carboxylic acids is 1. The molecule has 2 heterocycles. The molecule has 6 heteroatoms. The number of halogens is 1. The van der Waals surface area contributed by atoms with E-state index in [0.717, 1.165) is 19.6 Å². The second kappa shape index (κ2) is 5.73. The van der Waals surface area contributed by atoms with Crippen molar-refractivity contribution in [2.75, 3.05) is 32.5 Å². The number of piperidine rings is 1. The first-order valence-electron chi connectivity index (χ1n) is 7.24. The van der Waals surface area contributed by atoms with E-state index in [0.29, 0.717) is 27.9 Å². The number of benzene rings is 1. The molecule has 2 aliphatic heterocycles. The summed E-state index contributed by atoms with van der Waals surface area (Å²) in [4.78, 5) is 14.9. The van der Waals surface area contributed by atoms with Crippen molar-refractivity contribution in [2.45, 2.75) is 18.9 Å². The fraction of sp³-hybridized carbons (Fsp3) is 0.533. The van der Waals surface area contributed by atoms with Gasteiger partial charge in [-0.1, -0.05) is 11.6 Å². The van der Waals surface area contributed by atoms with Gasteiger partial charge in [-0.05, 0) is 31.4 Å². The van der Waals surface area contributed by atoms with Gasteiger partial charge in [-0.2, -0.15) is 0 Å². The summed E-state index contributed by atoms with van der Waals surface area (Å²) < 4.78 is 5.24. The van der Waals surface area contributed by atoms with Crippen molar-refractivity contribution in [2.24, 2.45) is 5.92 Å². The minimum absolute atomic E-state index is 0.146. The van der Waals surface area contributed by atoms with Gasteiger partial charge in [0.05, 0.1) is 23.4 Å². The first-order chi connectivity index (χ1) is 10.1. The van der Waals surface area contributed by atoms with E-state index < -0.39 is 0 Å². The Balaban J connectivity index is 1.78. The van der Waals surface area contributed by atoms with E-state index in [2.05, 4.69) is 10.2 Å². The second-order valence-electron chi connectivity index (χ2n) is 5.82. The summed E-state index contributed by atoms with van der Waals surface area (Å²) in [7, 11) is 1.52. The van der Waals surface area contributed by atoms with Crippen molar-refractivity contribution in [3.63, 3.8) is 0 Å². The van der Waals surface area contributed by atoms with E-state index in [1.54, 1.807) is 12.1 Å². The predicted octanol–water partition coefficient (Wildman–Crippen LogP) is 1.75. The fourth-order valence-electron chi connectivity index (χ4n) is 3.34. The number of methoxy groups -OCH3 is 1. The van der Waals surface area contributed by atoms with Crippen LogP contribution in [0.3, 0.4) is 0 Å². The van der Waals surface area contributed by atoms with Gasteiger partial charge in [-0.3, -0.25) is 4.79 Å². The molecule has 0 radical (unpaired) electrons. The Bertz CT molecular complexity index is 564. The summed E-state index contributed by atoms with van der Waals surface area (Å²) in [5.41, 5.74) is 6.60. The molecule has 3 N–H and O–H groups in total. The maximum Gasteiger partial charge on any atom is 0.255 e. The number of hydrogen-bond donors (Lipinski definition) is 2. The highest BCUT2D eigenvalue weighted by Crippen LogP contribution is 2.30. The second-order valence-corrected chi connectivity index (χ2v) is 6.22. The fourth-order valence-corrected chi connectivity index (χ4v) is 3.50. The molecule has 1 amide bonds. The van der Waals surface area contributed by atoms with Crippen molar-refractivity contribution >= 4 is 23.2 Å². The lowest BCUT2D eigenvalue weighted by molar-refractivity contribution is 0.0927. The van der Waals surface area contributed by atoms with Crippen LogP contribution in [0.15, 0.2) is 12.1 Å². The van der Waals surface area contributed by atoms with Gasteiger partial charge in [0.1, 0.15) is 5.75 Å². The van der Waals surface area contributed by atoms with Gasteiger partial charge in [-0.25, -0.2) is 0 Å². The molecule has 21 heavy (non-hydrogen) atoms. The molecule has 1 unspecified atom stereocenters. The van der Waals surface area contributed by atoms with Crippen molar-refractivity contribution in [1.29, 1.82) is 0 Å². The van der Waals surface area contributed by atoms with Gasteiger partial charge in [0.15, 0.2) is 0 Å². The largest absolute Gasteiger partial charge is 0.496 e. The van der Waals surface area contributed by atoms with Crippen LogP contribution in [0.25, 0.3) is 0 Å². The van der Waals surface area contributed by atoms with E-state index in [1.807, 2.05) is 0 Å². The van der Waals surface area contributed by atoms with Crippen LogP contribution in [0.4, 0.5) is 5.69 Å². The first kappa shape index (κ1) is 14.5. The number of nitrogens with one attached hydrogen (secondary N) is 1. The number of hydrogen-bond acceptors (Lipinski definition) is 4. The summed E-state index contributed by atoms with van der Waals surface area (Å²) in [5.74, 6) is 0.862. The van der Waals surface area contributed by atoms with E-state index in [1.165, 1.54) is 20.0 Å². The number of ether oxygens (including phenoxy) is 1. The number of rotatable bonds is 3. The quantitative estimate of drug-likeness (QED) is 0.835.